The standard InChI is InChI=1S/C7H4F4O.Zr/c8-5-3-4(7(9,10)11)1-2-6(5)12;/h1-3,12H;/q;+1/p-1. The van der Waals surface area contributed by atoms with Crippen molar-refractivity contribution < 1.29 is 45.5 Å². The summed E-state index contributed by atoms with van der Waals surface area (Å²) < 4.78 is 53.3. The summed E-state index contributed by atoms with van der Waals surface area (Å²) in [7, 11) is 0. The van der Waals surface area contributed by atoms with Gasteiger partial charge in [0, 0.05) is 0 Å². The third-order valence-corrected chi connectivity index (χ3v) is 1.91. The zero-order valence-corrected chi connectivity index (χ0v) is 8.61. The van der Waals surface area contributed by atoms with Crippen molar-refractivity contribution in [3.05, 3.63) is 29.6 Å². The molecule has 0 amide bonds. The first-order valence-corrected chi connectivity index (χ1v) is 4.16. The molecule has 0 aliphatic heterocycles. The van der Waals surface area contributed by atoms with Crippen molar-refractivity contribution in [1.29, 1.82) is 0 Å². The summed E-state index contributed by atoms with van der Waals surface area (Å²) in [4.78, 5) is 0. The third-order valence-electron chi connectivity index (χ3n) is 1.37. The minimum absolute atomic E-state index is 0.161. The van der Waals surface area contributed by atoms with Crippen molar-refractivity contribution in [3.63, 3.8) is 0 Å². The average Bonchev–Trinajstić information content (AvgIpc) is 2.02. The van der Waals surface area contributed by atoms with Crippen molar-refractivity contribution in [2.24, 2.45) is 0 Å². The number of alkyl halides is 3. The van der Waals surface area contributed by atoms with Gasteiger partial charge >= 0.3 is 87.0 Å². The molecule has 0 atom stereocenters. The number of halogens is 4. The van der Waals surface area contributed by atoms with Crippen LogP contribution in [-0.4, -0.2) is 0 Å². The van der Waals surface area contributed by atoms with E-state index in [1.807, 2.05) is 0 Å². The van der Waals surface area contributed by atoms with E-state index in [-0.39, 0.29) is 5.75 Å². The fourth-order valence-electron chi connectivity index (χ4n) is 0.760. The van der Waals surface area contributed by atoms with E-state index < -0.39 is 17.6 Å². The monoisotopic (exact) mass is 269 g/mol. The molecule has 1 aromatic carbocycles. The van der Waals surface area contributed by atoms with Gasteiger partial charge in [-0.3, -0.25) is 0 Å². The van der Waals surface area contributed by atoms with Gasteiger partial charge in [0.1, 0.15) is 0 Å². The molecule has 1 nitrogen and oxygen atoms in total. The Kier molecular flexibility index (Phi) is 3.11. The molecule has 0 heterocycles. The average molecular weight is 270 g/mol. The first kappa shape index (κ1) is 10.7. The summed E-state index contributed by atoms with van der Waals surface area (Å²) in [6, 6.07) is 2.16. The molecule has 0 aliphatic rings. The molecule has 0 aromatic heterocycles. The summed E-state index contributed by atoms with van der Waals surface area (Å²) in [6.07, 6.45) is -4.51. The van der Waals surface area contributed by atoms with Gasteiger partial charge in [0.05, 0.1) is 0 Å². The fourth-order valence-corrected chi connectivity index (χ4v) is 1.17. The minimum atomic E-state index is -4.51. The van der Waals surface area contributed by atoms with Crippen LogP contribution in [-0.2, 0) is 31.3 Å². The molecule has 0 unspecified atom stereocenters. The van der Waals surface area contributed by atoms with Crippen LogP contribution in [0.2, 0.25) is 0 Å². The summed E-state index contributed by atoms with van der Waals surface area (Å²) >= 11 is 0.574. The van der Waals surface area contributed by atoms with Crippen LogP contribution < -0.4 is 2.81 Å². The van der Waals surface area contributed by atoms with Crippen LogP contribution in [0.1, 0.15) is 5.56 Å². The van der Waals surface area contributed by atoms with Crippen molar-refractivity contribution in [2.45, 2.75) is 6.18 Å². The molecule has 0 spiro atoms. The Morgan fingerprint density at radius 2 is 1.85 bits per heavy atom. The molecule has 0 saturated carbocycles. The number of rotatable bonds is 1. The van der Waals surface area contributed by atoms with E-state index in [1.165, 1.54) is 0 Å². The van der Waals surface area contributed by atoms with Crippen LogP contribution in [0.4, 0.5) is 17.6 Å². The van der Waals surface area contributed by atoms with E-state index >= 15 is 0 Å². The molecule has 0 saturated heterocycles. The molecule has 0 fully saturated rings. The van der Waals surface area contributed by atoms with Gasteiger partial charge in [0.25, 0.3) is 0 Å². The zero-order chi connectivity index (χ0) is 10.1. The SMILES string of the molecule is Fc1cc(C(F)(F)F)ccc1[O][Zr]. The molecule has 1 rings (SSSR count). The molecule has 13 heavy (non-hydrogen) atoms. The second-order valence-electron chi connectivity index (χ2n) is 2.25. The summed E-state index contributed by atoms with van der Waals surface area (Å²) in [5, 5.41) is 0. The molecular formula is C7H3F4OZr. The second kappa shape index (κ2) is 3.78. The Hall–Kier alpha value is -0.377. The van der Waals surface area contributed by atoms with Gasteiger partial charge in [0.15, 0.2) is 0 Å². The summed E-state index contributed by atoms with van der Waals surface area (Å²) in [6.45, 7) is 0. The van der Waals surface area contributed by atoms with Gasteiger partial charge in [-0.1, -0.05) is 0 Å². The molecule has 0 N–H and O–H groups in total. The topological polar surface area (TPSA) is 9.23 Å². The molecule has 0 aliphatic carbocycles. The normalized spacial score (nSPS) is 11.3. The van der Waals surface area contributed by atoms with Crippen LogP contribution in [0.5, 0.6) is 5.75 Å². The van der Waals surface area contributed by atoms with Crippen molar-refractivity contribution in [2.75, 3.05) is 0 Å². The van der Waals surface area contributed by atoms with Crippen molar-refractivity contribution >= 4 is 0 Å². The maximum absolute atomic E-state index is 12.8. The van der Waals surface area contributed by atoms with E-state index in [4.69, 9.17) is 0 Å². The number of hydrogen-bond donors (Lipinski definition) is 0. The third kappa shape index (κ3) is 2.53. The van der Waals surface area contributed by atoms with E-state index in [9.17, 15) is 17.6 Å². The molecule has 6 heteroatoms. The summed E-state index contributed by atoms with van der Waals surface area (Å²) in [5.41, 5.74) is -1.01. The predicted molar refractivity (Wildman–Crippen MR) is 32.0 cm³/mol. The van der Waals surface area contributed by atoms with Gasteiger partial charge in [-0.15, -0.1) is 0 Å². The Balaban J connectivity index is 3.10. The van der Waals surface area contributed by atoms with Crippen LogP contribution in [0.3, 0.4) is 0 Å². The first-order chi connectivity index (χ1) is 5.95. The van der Waals surface area contributed by atoms with Gasteiger partial charge < -0.3 is 0 Å². The van der Waals surface area contributed by atoms with Gasteiger partial charge in [-0.25, -0.2) is 0 Å². The fraction of sp³-hybridized carbons (Fsp3) is 0.143. The second-order valence-corrected chi connectivity index (χ2v) is 2.75. The van der Waals surface area contributed by atoms with Crippen molar-refractivity contribution in [3.8, 4) is 5.75 Å². The number of hydrogen-bond acceptors (Lipinski definition) is 1. The van der Waals surface area contributed by atoms with Crippen LogP contribution >= 0.6 is 0 Å². The zero-order valence-electron chi connectivity index (χ0n) is 6.15. The van der Waals surface area contributed by atoms with E-state index in [1.54, 1.807) is 0 Å². The van der Waals surface area contributed by atoms with E-state index in [2.05, 4.69) is 2.81 Å². The quantitative estimate of drug-likeness (QED) is 0.713. The molecule has 0 bridgehead atoms. The Morgan fingerprint density at radius 3 is 2.23 bits per heavy atom. The first-order valence-electron chi connectivity index (χ1n) is 3.15. The van der Waals surface area contributed by atoms with E-state index in [0.29, 0.717) is 31.2 Å². The van der Waals surface area contributed by atoms with Gasteiger partial charge in [-0.2, -0.15) is 0 Å². The molecule has 0 radical (unpaired) electrons. The van der Waals surface area contributed by atoms with E-state index in [0.717, 1.165) is 12.1 Å². The molecule has 69 valence electrons. The van der Waals surface area contributed by atoms with Gasteiger partial charge in [0.2, 0.25) is 0 Å². The Bertz CT molecular complexity index is 310. The molecular weight excluding hydrogens is 267 g/mol. The summed E-state index contributed by atoms with van der Waals surface area (Å²) in [5.74, 6) is -1.15. The number of benzene rings is 1. The van der Waals surface area contributed by atoms with Gasteiger partial charge in [-0.05, 0) is 0 Å². The van der Waals surface area contributed by atoms with Crippen LogP contribution in [0.15, 0.2) is 18.2 Å². The van der Waals surface area contributed by atoms with Crippen LogP contribution in [0.25, 0.3) is 0 Å². The Morgan fingerprint density at radius 1 is 1.23 bits per heavy atom. The molecule has 1 aromatic rings. The predicted octanol–water partition coefficient (Wildman–Crippen LogP) is 2.69. The van der Waals surface area contributed by atoms with Crippen LogP contribution in [0, 0.1) is 5.82 Å². The Labute approximate surface area is 87.2 Å². The maximum atomic E-state index is 12.8. The van der Waals surface area contributed by atoms with Crippen molar-refractivity contribution in [1.82, 2.24) is 0 Å².